The summed E-state index contributed by atoms with van der Waals surface area (Å²) in [5.41, 5.74) is 0.667. The van der Waals surface area contributed by atoms with Crippen LogP contribution in [0.15, 0.2) is 29.3 Å². The fourth-order valence-corrected chi connectivity index (χ4v) is 2.71. The number of hydrogen-bond acceptors (Lipinski definition) is 4. The number of Topliss-reactive ketones (excluding diaryl/α,β-unsaturated/α-hetero) is 1. The molecule has 7 heteroatoms. The molecule has 0 bridgehead atoms. The van der Waals surface area contributed by atoms with Crippen LogP contribution in [0.25, 0.3) is 0 Å². The standard InChI is InChI=1S/C16H18N4O3/c21-14-5-1-4-13-11(14)10-12(16(23)19-13)15(22)17-6-2-8-20-9-3-7-18-20/h3,7,9-10H,1-2,4-6,8H2,(H,17,22)(H,19,23). The van der Waals surface area contributed by atoms with E-state index in [2.05, 4.69) is 15.4 Å². The SMILES string of the molecule is O=C1CCCc2[nH]c(=O)c(C(=O)NCCCn3cccn3)cc21. The van der Waals surface area contributed by atoms with E-state index in [1.54, 1.807) is 10.9 Å². The van der Waals surface area contributed by atoms with Gasteiger partial charge in [0, 0.05) is 43.2 Å². The Morgan fingerprint density at radius 1 is 1.35 bits per heavy atom. The second kappa shape index (κ2) is 6.60. The molecular weight excluding hydrogens is 296 g/mol. The number of carbonyl (C=O) groups excluding carboxylic acids is 2. The molecule has 7 nitrogen and oxygen atoms in total. The van der Waals surface area contributed by atoms with E-state index in [9.17, 15) is 14.4 Å². The van der Waals surface area contributed by atoms with Crippen molar-refractivity contribution in [1.29, 1.82) is 0 Å². The maximum atomic E-state index is 12.2. The Hall–Kier alpha value is -2.70. The highest BCUT2D eigenvalue weighted by atomic mass is 16.2. The highest BCUT2D eigenvalue weighted by Gasteiger charge is 2.21. The van der Waals surface area contributed by atoms with Crippen LogP contribution in [0.3, 0.4) is 0 Å². The molecule has 2 heterocycles. The molecule has 23 heavy (non-hydrogen) atoms. The number of hydrogen-bond donors (Lipinski definition) is 2. The summed E-state index contributed by atoms with van der Waals surface area (Å²) in [5, 5.41) is 6.79. The fourth-order valence-electron chi connectivity index (χ4n) is 2.71. The summed E-state index contributed by atoms with van der Waals surface area (Å²) < 4.78 is 1.77. The number of aryl methyl sites for hydroxylation is 2. The van der Waals surface area contributed by atoms with Gasteiger partial charge in [-0.15, -0.1) is 0 Å². The van der Waals surface area contributed by atoms with Crippen LogP contribution in [0.4, 0.5) is 0 Å². The molecular formula is C16H18N4O3. The highest BCUT2D eigenvalue weighted by molar-refractivity contribution is 6.01. The van der Waals surface area contributed by atoms with E-state index in [1.807, 2.05) is 12.3 Å². The van der Waals surface area contributed by atoms with Gasteiger partial charge in [0.1, 0.15) is 5.56 Å². The van der Waals surface area contributed by atoms with Crippen molar-refractivity contribution in [2.45, 2.75) is 32.2 Å². The van der Waals surface area contributed by atoms with Crippen LogP contribution >= 0.6 is 0 Å². The summed E-state index contributed by atoms with van der Waals surface area (Å²) in [6.45, 7) is 1.12. The van der Waals surface area contributed by atoms with Gasteiger partial charge in [0.05, 0.1) is 0 Å². The van der Waals surface area contributed by atoms with E-state index in [1.165, 1.54) is 6.07 Å². The van der Waals surface area contributed by atoms with E-state index in [4.69, 9.17) is 0 Å². The first kappa shape index (κ1) is 15.2. The van der Waals surface area contributed by atoms with E-state index >= 15 is 0 Å². The number of amides is 1. The predicted octanol–water partition coefficient (Wildman–Crippen LogP) is 0.910. The fraction of sp³-hybridized carbons (Fsp3) is 0.375. The topological polar surface area (TPSA) is 96.9 Å². The summed E-state index contributed by atoms with van der Waals surface area (Å²) in [7, 11) is 0. The molecule has 0 saturated carbocycles. The average molecular weight is 314 g/mol. The number of H-pyrrole nitrogens is 1. The molecule has 120 valence electrons. The summed E-state index contributed by atoms with van der Waals surface area (Å²) in [5.74, 6) is -0.469. The number of rotatable bonds is 5. The number of aromatic nitrogens is 3. The molecule has 0 aromatic carbocycles. The zero-order valence-electron chi connectivity index (χ0n) is 12.7. The predicted molar refractivity (Wildman–Crippen MR) is 83.5 cm³/mol. The van der Waals surface area contributed by atoms with Crippen molar-refractivity contribution in [3.63, 3.8) is 0 Å². The van der Waals surface area contributed by atoms with Crippen LogP contribution in [0.2, 0.25) is 0 Å². The van der Waals surface area contributed by atoms with Gasteiger partial charge in [0.2, 0.25) is 0 Å². The van der Waals surface area contributed by atoms with Crippen LogP contribution in [0.5, 0.6) is 0 Å². The van der Waals surface area contributed by atoms with Crippen LogP contribution in [-0.4, -0.2) is 33.0 Å². The first-order valence-corrected chi connectivity index (χ1v) is 7.70. The molecule has 1 amide bonds. The first-order chi connectivity index (χ1) is 11.1. The number of nitrogens with zero attached hydrogens (tertiary/aromatic N) is 2. The van der Waals surface area contributed by atoms with Gasteiger partial charge in [-0.05, 0) is 31.4 Å². The molecule has 0 spiro atoms. The lowest BCUT2D eigenvalue weighted by Crippen LogP contribution is -2.32. The number of pyridine rings is 1. The van der Waals surface area contributed by atoms with Crippen LogP contribution in [0, 0.1) is 0 Å². The Morgan fingerprint density at radius 2 is 2.22 bits per heavy atom. The molecule has 3 rings (SSSR count). The van der Waals surface area contributed by atoms with Crippen molar-refractivity contribution in [3.05, 3.63) is 51.7 Å². The molecule has 0 aliphatic heterocycles. The molecule has 1 aliphatic rings. The Bertz CT molecular complexity index is 777. The molecule has 0 saturated heterocycles. The third-order valence-electron chi connectivity index (χ3n) is 3.91. The summed E-state index contributed by atoms with van der Waals surface area (Å²) in [4.78, 5) is 38.7. The number of ketones is 1. The Kier molecular flexibility index (Phi) is 4.36. The number of aromatic amines is 1. The number of fused-ring (bicyclic) bond motifs is 1. The van der Waals surface area contributed by atoms with E-state index in [-0.39, 0.29) is 11.3 Å². The molecule has 0 atom stereocenters. The van der Waals surface area contributed by atoms with Crippen molar-refractivity contribution in [2.24, 2.45) is 0 Å². The van der Waals surface area contributed by atoms with Gasteiger partial charge in [-0.1, -0.05) is 0 Å². The minimum atomic E-state index is -0.451. The zero-order valence-corrected chi connectivity index (χ0v) is 12.7. The highest BCUT2D eigenvalue weighted by Crippen LogP contribution is 2.18. The summed E-state index contributed by atoms with van der Waals surface area (Å²) in [6.07, 6.45) is 6.12. The molecule has 0 radical (unpaired) electrons. The van der Waals surface area contributed by atoms with E-state index in [0.717, 1.165) is 6.42 Å². The van der Waals surface area contributed by atoms with Crippen LogP contribution in [0.1, 0.15) is 45.7 Å². The third-order valence-corrected chi connectivity index (χ3v) is 3.91. The lowest BCUT2D eigenvalue weighted by atomic mass is 9.93. The Morgan fingerprint density at radius 3 is 3.00 bits per heavy atom. The lowest BCUT2D eigenvalue weighted by molar-refractivity contribution is 0.0951. The van der Waals surface area contributed by atoms with Gasteiger partial charge in [-0.25, -0.2) is 0 Å². The Balaban J connectivity index is 1.64. The minimum Gasteiger partial charge on any atom is -0.352 e. The van der Waals surface area contributed by atoms with Gasteiger partial charge in [0.25, 0.3) is 11.5 Å². The van der Waals surface area contributed by atoms with Gasteiger partial charge < -0.3 is 10.3 Å². The lowest BCUT2D eigenvalue weighted by Gasteiger charge is -2.15. The second-order valence-corrected chi connectivity index (χ2v) is 5.56. The summed E-state index contributed by atoms with van der Waals surface area (Å²) >= 11 is 0. The molecule has 0 unspecified atom stereocenters. The quantitative estimate of drug-likeness (QED) is 0.802. The van der Waals surface area contributed by atoms with Crippen LogP contribution in [-0.2, 0) is 13.0 Å². The van der Waals surface area contributed by atoms with Gasteiger partial charge in [-0.2, -0.15) is 5.10 Å². The largest absolute Gasteiger partial charge is 0.352 e. The van der Waals surface area contributed by atoms with Gasteiger partial charge in [-0.3, -0.25) is 19.1 Å². The van der Waals surface area contributed by atoms with Gasteiger partial charge in [0.15, 0.2) is 5.78 Å². The summed E-state index contributed by atoms with van der Waals surface area (Å²) in [6, 6.07) is 3.26. The molecule has 0 fully saturated rings. The second-order valence-electron chi connectivity index (χ2n) is 5.56. The van der Waals surface area contributed by atoms with Crippen molar-refractivity contribution in [1.82, 2.24) is 20.1 Å². The molecule has 1 aliphatic carbocycles. The normalized spacial score (nSPS) is 13.7. The zero-order chi connectivity index (χ0) is 16.2. The molecule has 2 aromatic heterocycles. The number of carbonyl (C=O) groups is 2. The maximum Gasteiger partial charge on any atom is 0.261 e. The van der Waals surface area contributed by atoms with Crippen molar-refractivity contribution in [2.75, 3.05) is 6.54 Å². The molecule has 2 N–H and O–H groups in total. The van der Waals surface area contributed by atoms with Crippen molar-refractivity contribution < 1.29 is 9.59 Å². The number of nitrogens with one attached hydrogen (secondary N) is 2. The van der Waals surface area contributed by atoms with Crippen molar-refractivity contribution in [3.8, 4) is 0 Å². The smallest absolute Gasteiger partial charge is 0.261 e. The molecule has 2 aromatic rings. The monoisotopic (exact) mass is 314 g/mol. The Labute approximate surface area is 132 Å². The van der Waals surface area contributed by atoms with Crippen molar-refractivity contribution >= 4 is 11.7 Å². The first-order valence-electron chi connectivity index (χ1n) is 7.70. The third kappa shape index (κ3) is 3.39. The average Bonchev–Trinajstić information content (AvgIpc) is 3.04. The minimum absolute atomic E-state index is 0.00177. The van der Waals surface area contributed by atoms with E-state index < -0.39 is 11.5 Å². The van der Waals surface area contributed by atoms with Crippen LogP contribution < -0.4 is 10.9 Å². The van der Waals surface area contributed by atoms with E-state index in [0.29, 0.717) is 43.6 Å². The van der Waals surface area contributed by atoms with Gasteiger partial charge >= 0.3 is 0 Å². The maximum absolute atomic E-state index is 12.2.